The molecule has 0 spiro atoms. The molecule has 1 rings (SSSR count). The van der Waals surface area contributed by atoms with E-state index in [1.807, 2.05) is 0 Å². The number of hydrogen-bond donors (Lipinski definition) is 0. The first-order valence-corrected chi connectivity index (χ1v) is 4.88. The van der Waals surface area contributed by atoms with Crippen molar-refractivity contribution in [3.05, 3.63) is 10.6 Å². The molecule has 1 atom stereocenters. The normalized spacial score (nSPS) is 25.3. The molecule has 1 aliphatic rings. The van der Waals surface area contributed by atoms with Gasteiger partial charge in [0, 0.05) is 6.42 Å². The summed E-state index contributed by atoms with van der Waals surface area (Å²) in [5.41, 5.74) is 0. The standard InChI is InChI=1S/C7H4Br2O3/c8-3-1-6(11)7(12)4(9)2-5(3)10/h1,4H,2H2/p+1/t4-/m0/s1. The first-order chi connectivity index (χ1) is 5.52. The molecule has 1 aliphatic carbocycles. The minimum atomic E-state index is -0.615. The molecule has 0 radical (unpaired) electrons. The zero-order valence-electron chi connectivity index (χ0n) is 5.88. The van der Waals surface area contributed by atoms with Crippen molar-refractivity contribution in [2.45, 2.75) is 11.2 Å². The van der Waals surface area contributed by atoms with Crippen molar-refractivity contribution in [2.24, 2.45) is 0 Å². The molecule has 64 valence electrons. The minimum Gasteiger partial charge on any atom is -0.294 e. The smallest absolute Gasteiger partial charge is 0.294 e. The van der Waals surface area contributed by atoms with Gasteiger partial charge in [0.25, 0.3) is 5.78 Å². The van der Waals surface area contributed by atoms with Gasteiger partial charge in [0.1, 0.15) is 0 Å². The van der Waals surface area contributed by atoms with Crippen LogP contribution in [0.15, 0.2) is 10.6 Å². The number of alkyl halides is 1. The second kappa shape index (κ2) is 3.62. The van der Waals surface area contributed by atoms with Crippen LogP contribution in [0.2, 0.25) is 0 Å². The Morgan fingerprint density at radius 3 is 2.67 bits per heavy atom. The second-order valence-electron chi connectivity index (χ2n) is 2.34. The summed E-state index contributed by atoms with van der Waals surface area (Å²) in [6.45, 7) is 0. The van der Waals surface area contributed by atoms with Gasteiger partial charge in [-0.25, -0.2) is 0 Å². The third kappa shape index (κ3) is 1.90. The van der Waals surface area contributed by atoms with Crippen LogP contribution in [0.3, 0.4) is 0 Å². The Morgan fingerprint density at radius 2 is 2.08 bits per heavy atom. The van der Waals surface area contributed by atoms with E-state index < -0.39 is 16.4 Å². The Bertz CT molecular complexity index is 293. The summed E-state index contributed by atoms with van der Waals surface area (Å²) in [5, 5.41) is 0. The Kier molecular flexibility index (Phi) is 2.95. The van der Waals surface area contributed by atoms with E-state index in [1.54, 1.807) is 0 Å². The molecule has 0 aromatic rings. The number of hydrogen-bond acceptors (Lipinski definition) is 2. The van der Waals surface area contributed by atoms with E-state index >= 15 is 0 Å². The predicted octanol–water partition coefficient (Wildman–Crippen LogP) is 1.12. The first kappa shape index (κ1) is 9.80. The van der Waals surface area contributed by atoms with Crippen LogP contribution in [0.1, 0.15) is 6.42 Å². The number of Topliss-reactive ketones (excluding diaryl/α,β-unsaturated/α-hetero) is 2. The van der Waals surface area contributed by atoms with Gasteiger partial charge in [0.05, 0.1) is 15.4 Å². The predicted molar refractivity (Wildman–Crippen MR) is 51.3 cm³/mol. The fraction of sp³-hybridized carbons (Fsp3) is 0.286. The SMILES string of the molecule is O=C1C[C@H](Br)C(=O)C(=[OH+])C=C1Br. The molecule has 12 heavy (non-hydrogen) atoms. The summed E-state index contributed by atoms with van der Waals surface area (Å²) in [4.78, 5) is 30.7. The summed E-state index contributed by atoms with van der Waals surface area (Å²) in [6, 6.07) is 0. The van der Waals surface area contributed by atoms with Gasteiger partial charge in [0.2, 0.25) is 0 Å². The van der Waals surface area contributed by atoms with Crippen LogP contribution in [0, 0.1) is 0 Å². The van der Waals surface area contributed by atoms with Gasteiger partial charge in [-0.15, -0.1) is 0 Å². The van der Waals surface area contributed by atoms with Crippen LogP contribution >= 0.6 is 31.9 Å². The Hall–Kier alpha value is -0.290. The summed E-state index contributed by atoms with van der Waals surface area (Å²) in [7, 11) is 0. The number of allylic oxidation sites excluding steroid dienone is 2. The molecular weight excluding hydrogens is 292 g/mol. The number of carbonyl (C=O) groups excluding carboxylic acids is 3. The summed E-state index contributed by atoms with van der Waals surface area (Å²) >= 11 is 5.96. The van der Waals surface area contributed by atoms with Crippen LogP contribution < -0.4 is 0 Å². The van der Waals surface area contributed by atoms with E-state index in [-0.39, 0.29) is 16.7 Å². The Labute approximate surface area is 85.5 Å². The van der Waals surface area contributed by atoms with Gasteiger partial charge in [0.15, 0.2) is 5.78 Å². The number of ketones is 3. The molecule has 0 fully saturated rings. The van der Waals surface area contributed by atoms with E-state index in [1.165, 1.54) is 0 Å². The van der Waals surface area contributed by atoms with Crippen LogP contribution in [-0.4, -0.2) is 27.0 Å². The summed E-state index contributed by atoms with van der Waals surface area (Å²) in [5.74, 6) is -1.05. The van der Waals surface area contributed by atoms with Crippen LogP contribution in [0.25, 0.3) is 0 Å². The second-order valence-corrected chi connectivity index (χ2v) is 4.30. The monoisotopic (exact) mass is 295 g/mol. The van der Waals surface area contributed by atoms with Gasteiger partial charge >= 0.3 is 5.78 Å². The largest absolute Gasteiger partial charge is 0.384 e. The number of carbonyl (C=O) groups is 2. The Balaban J connectivity index is 3.03. The Morgan fingerprint density at radius 1 is 1.50 bits per heavy atom. The molecule has 0 amide bonds. The van der Waals surface area contributed by atoms with Gasteiger partial charge in [-0.1, -0.05) is 15.9 Å². The molecule has 0 saturated heterocycles. The van der Waals surface area contributed by atoms with Crippen molar-refractivity contribution >= 4 is 49.2 Å². The molecule has 0 aromatic carbocycles. The quantitative estimate of drug-likeness (QED) is 0.382. The molecule has 0 bridgehead atoms. The molecule has 0 aromatic heterocycles. The van der Waals surface area contributed by atoms with E-state index in [0.717, 1.165) is 6.08 Å². The molecule has 1 N–H and O–H groups in total. The average molecular weight is 297 g/mol. The number of halogens is 2. The van der Waals surface area contributed by atoms with Crippen molar-refractivity contribution in [2.75, 3.05) is 0 Å². The van der Waals surface area contributed by atoms with Crippen LogP contribution in [0.5, 0.6) is 0 Å². The lowest BCUT2D eigenvalue weighted by atomic mass is 10.2. The topological polar surface area (TPSA) is 55.5 Å². The highest BCUT2D eigenvalue weighted by Crippen LogP contribution is 2.19. The zero-order chi connectivity index (χ0) is 9.30. The minimum absolute atomic E-state index is 0.0694. The van der Waals surface area contributed by atoms with E-state index in [0.29, 0.717) is 0 Å². The maximum atomic E-state index is 11.1. The highest BCUT2D eigenvalue weighted by molar-refractivity contribution is 9.12. The molecule has 0 saturated carbocycles. The lowest BCUT2D eigenvalue weighted by Gasteiger charge is -1.97. The average Bonchev–Trinajstić information content (AvgIpc) is 2.07. The van der Waals surface area contributed by atoms with Crippen molar-refractivity contribution in [3.63, 3.8) is 0 Å². The number of rotatable bonds is 0. The van der Waals surface area contributed by atoms with Crippen molar-refractivity contribution < 1.29 is 14.4 Å². The molecule has 0 aliphatic heterocycles. The molecule has 0 unspecified atom stereocenters. The maximum Gasteiger partial charge on any atom is 0.384 e. The highest BCUT2D eigenvalue weighted by atomic mass is 79.9. The fourth-order valence-corrected chi connectivity index (χ4v) is 1.69. The van der Waals surface area contributed by atoms with Crippen LogP contribution in [0.4, 0.5) is 0 Å². The summed E-state index contributed by atoms with van der Waals surface area (Å²) < 4.78 is 0.232. The van der Waals surface area contributed by atoms with Crippen molar-refractivity contribution in [1.29, 1.82) is 0 Å². The van der Waals surface area contributed by atoms with Crippen molar-refractivity contribution in [3.8, 4) is 0 Å². The first-order valence-electron chi connectivity index (χ1n) is 3.17. The van der Waals surface area contributed by atoms with Crippen LogP contribution in [-0.2, 0) is 9.59 Å². The molecule has 3 nitrogen and oxygen atoms in total. The van der Waals surface area contributed by atoms with Crippen molar-refractivity contribution in [1.82, 2.24) is 0 Å². The van der Waals surface area contributed by atoms with E-state index in [4.69, 9.17) is 4.79 Å². The lowest BCUT2D eigenvalue weighted by Crippen LogP contribution is -2.21. The van der Waals surface area contributed by atoms with Gasteiger partial charge < -0.3 is 0 Å². The third-order valence-electron chi connectivity index (χ3n) is 1.43. The fourth-order valence-electron chi connectivity index (χ4n) is 0.785. The highest BCUT2D eigenvalue weighted by Gasteiger charge is 2.32. The zero-order valence-corrected chi connectivity index (χ0v) is 9.05. The maximum absolute atomic E-state index is 11.1. The van der Waals surface area contributed by atoms with Gasteiger partial charge in [-0.2, -0.15) is 0 Å². The van der Waals surface area contributed by atoms with Gasteiger partial charge in [-0.05, 0) is 15.9 Å². The van der Waals surface area contributed by atoms with Gasteiger partial charge in [-0.3, -0.25) is 14.4 Å². The van der Waals surface area contributed by atoms with E-state index in [2.05, 4.69) is 31.9 Å². The van der Waals surface area contributed by atoms with E-state index in [9.17, 15) is 9.59 Å². The molecule has 5 heteroatoms. The summed E-state index contributed by atoms with van der Waals surface area (Å²) in [6.07, 6.45) is 1.20. The molecular formula is C7H5Br2O3+. The lowest BCUT2D eigenvalue weighted by molar-refractivity contribution is -0.118. The molecule has 0 heterocycles. The third-order valence-corrected chi connectivity index (χ3v) is 2.84.